The highest BCUT2D eigenvalue weighted by Gasteiger charge is 2.59. The largest absolute Gasteiger partial charge is 0.511 e. The van der Waals surface area contributed by atoms with Gasteiger partial charge in [0.2, 0.25) is 5.78 Å². The second-order valence-corrected chi connectivity index (χ2v) is 11.5. The fourth-order valence-electron chi connectivity index (χ4n) is 6.95. The molecule has 3 aliphatic carbocycles. The number of ketones is 2. The third-order valence-electron chi connectivity index (χ3n) is 9.04. The van der Waals surface area contributed by atoms with Crippen LogP contribution in [0.1, 0.15) is 47.2 Å². The molecule has 1 unspecified atom stereocenters. The number of amides is 1. The van der Waals surface area contributed by atoms with Crippen LogP contribution >= 0.6 is 0 Å². The summed E-state index contributed by atoms with van der Waals surface area (Å²) in [5, 5.41) is 43.6. The molecule has 1 saturated heterocycles. The molecular formula is C31H31FN2O8. The average Bonchev–Trinajstić information content (AvgIpc) is 2.94. The lowest BCUT2D eigenvalue weighted by molar-refractivity contribution is -0.144. The number of piperidine rings is 1. The number of fused-ring (bicyclic) bond motifs is 3. The zero-order valence-corrected chi connectivity index (χ0v) is 22.7. The van der Waals surface area contributed by atoms with Crippen molar-refractivity contribution < 1.29 is 43.9 Å². The van der Waals surface area contributed by atoms with Crippen LogP contribution < -0.4 is 10.5 Å². The van der Waals surface area contributed by atoms with E-state index >= 15 is 4.39 Å². The number of primary amides is 1. The van der Waals surface area contributed by atoms with E-state index in [0.29, 0.717) is 13.1 Å². The lowest BCUT2D eigenvalue weighted by Gasteiger charge is -2.45. The maximum atomic E-state index is 16.0. The van der Waals surface area contributed by atoms with Crippen LogP contribution in [0.2, 0.25) is 0 Å². The number of nitrogens with zero attached hydrogens (tertiary/aromatic N) is 1. The number of aromatic hydroxyl groups is 1. The molecule has 0 spiro atoms. The maximum Gasteiger partial charge on any atom is 0.255 e. The summed E-state index contributed by atoms with van der Waals surface area (Å²) in [6, 6.07) is 10.7. The van der Waals surface area contributed by atoms with Gasteiger partial charge in [-0.3, -0.25) is 19.3 Å². The minimum absolute atomic E-state index is 0.00371. The van der Waals surface area contributed by atoms with Crippen LogP contribution in [0, 0.1) is 17.7 Å². The lowest BCUT2D eigenvalue weighted by atomic mass is 9.60. The molecule has 0 saturated carbocycles. The number of carbonyl (C=O) groups is 3. The molecule has 6 rings (SSSR count). The van der Waals surface area contributed by atoms with Gasteiger partial charge in [-0.05, 0) is 49.8 Å². The second-order valence-electron chi connectivity index (χ2n) is 11.5. The molecule has 10 nitrogen and oxygen atoms in total. The van der Waals surface area contributed by atoms with Crippen molar-refractivity contribution in [2.45, 2.75) is 50.4 Å². The third-order valence-corrected chi connectivity index (χ3v) is 9.04. The van der Waals surface area contributed by atoms with Gasteiger partial charge in [0.15, 0.2) is 11.4 Å². The number of hydrogen-bond donors (Lipinski definition) is 5. The number of benzene rings is 2. The van der Waals surface area contributed by atoms with Gasteiger partial charge in [-0.15, -0.1) is 0 Å². The first kappa shape index (κ1) is 27.9. The van der Waals surface area contributed by atoms with Crippen molar-refractivity contribution in [3.63, 3.8) is 0 Å². The molecule has 1 heterocycles. The van der Waals surface area contributed by atoms with Crippen molar-refractivity contribution >= 4 is 17.5 Å². The quantitative estimate of drug-likeness (QED) is 0.335. The van der Waals surface area contributed by atoms with Crippen LogP contribution in [-0.4, -0.2) is 67.6 Å². The normalized spacial score (nSPS) is 26.5. The van der Waals surface area contributed by atoms with Crippen LogP contribution in [-0.2, 0) is 22.6 Å². The lowest BCUT2D eigenvalue weighted by Crippen LogP contribution is -2.57. The number of rotatable bonds is 5. The Bertz CT molecular complexity index is 1560. The number of aliphatic hydroxyl groups is 3. The van der Waals surface area contributed by atoms with Crippen molar-refractivity contribution in [3.05, 3.63) is 81.6 Å². The van der Waals surface area contributed by atoms with Gasteiger partial charge in [0.1, 0.15) is 40.5 Å². The SMILES string of the molecule is NC(=O)C1=C(O)C[C@@H]2CC3Cc4c(F)c(CN5CCC(Oc6ccccc6)CC5)cc(O)c4C(=O)C3=C(O)[C@]2(O)C1=O. The number of hydrogen-bond acceptors (Lipinski definition) is 9. The molecule has 1 amide bonds. The first-order valence-corrected chi connectivity index (χ1v) is 13.9. The van der Waals surface area contributed by atoms with Gasteiger partial charge in [-0.1, -0.05) is 18.2 Å². The molecule has 2 aromatic rings. The summed E-state index contributed by atoms with van der Waals surface area (Å²) >= 11 is 0. The maximum absolute atomic E-state index is 16.0. The molecule has 4 aliphatic rings. The van der Waals surface area contributed by atoms with Gasteiger partial charge >= 0.3 is 0 Å². The summed E-state index contributed by atoms with van der Waals surface area (Å²) in [6.45, 7) is 1.51. The molecule has 0 aromatic heterocycles. The Kier molecular flexibility index (Phi) is 6.81. The van der Waals surface area contributed by atoms with Gasteiger partial charge in [0, 0.05) is 48.7 Å². The Balaban J connectivity index is 1.25. The number of carbonyl (C=O) groups excluding carboxylic acids is 3. The molecule has 3 atom stereocenters. The molecule has 0 bridgehead atoms. The standard InChI is InChI=1S/C31H31FN2O8/c32-26-16(14-34-8-6-19(7-9-34)42-18-4-2-1-3-5-18)12-21(35)24-20(26)11-15-10-17-13-22(36)25(30(33)40)29(39)31(17,41)28(38)23(15)27(24)37/h1-5,12,15,17,19,35-36,38,41H,6-11,13-14H2,(H2,33,40)/t15?,17-,31-/m0/s1. The van der Waals surface area contributed by atoms with Crippen LogP contribution in [0.3, 0.4) is 0 Å². The molecular weight excluding hydrogens is 547 g/mol. The van der Waals surface area contributed by atoms with Gasteiger partial charge in [-0.25, -0.2) is 4.39 Å². The minimum atomic E-state index is -2.65. The molecule has 6 N–H and O–H groups in total. The Hall–Kier alpha value is -4.22. The summed E-state index contributed by atoms with van der Waals surface area (Å²) in [4.78, 5) is 40.5. The van der Waals surface area contributed by atoms with E-state index in [2.05, 4.69) is 4.90 Å². The molecule has 2 aromatic carbocycles. The molecule has 220 valence electrons. The summed E-state index contributed by atoms with van der Waals surface area (Å²) in [7, 11) is 0. The fourth-order valence-corrected chi connectivity index (χ4v) is 6.95. The van der Waals surface area contributed by atoms with Gasteiger partial charge in [0.25, 0.3) is 5.91 Å². The Morgan fingerprint density at radius 2 is 1.79 bits per heavy atom. The highest BCUT2D eigenvalue weighted by molar-refractivity contribution is 6.24. The Labute approximate surface area is 240 Å². The van der Waals surface area contributed by atoms with Crippen molar-refractivity contribution in [1.29, 1.82) is 0 Å². The monoisotopic (exact) mass is 578 g/mol. The number of nitrogens with two attached hydrogens (primary N) is 1. The average molecular weight is 579 g/mol. The molecule has 1 aliphatic heterocycles. The van der Waals surface area contributed by atoms with Crippen LogP contribution in [0.5, 0.6) is 11.5 Å². The summed E-state index contributed by atoms with van der Waals surface area (Å²) in [6.07, 6.45) is 1.04. The summed E-state index contributed by atoms with van der Waals surface area (Å²) < 4.78 is 22.0. The van der Waals surface area contributed by atoms with E-state index in [4.69, 9.17) is 10.5 Å². The summed E-state index contributed by atoms with van der Waals surface area (Å²) in [5.41, 5.74) is 1.31. The summed E-state index contributed by atoms with van der Waals surface area (Å²) in [5.74, 6) is -7.20. The highest BCUT2D eigenvalue weighted by Crippen LogP contribution is 2.51. The number of phenolic OH excluding ortho intramolecular Hbond substituents is 1. The number of halogens is 1. The van der Waals surface area contributed by atoms with E-state index in [9.17, 15) is 34.8 Å². The van der Waals surface area contributed by atoms with Crippen LogP contribution in [0.4, 0.5) is 4.39 Å². The van der Waals surface area contributed by atoms with E-state index in [1.807, 2.05) is 30.3 Å². The van der Waals surface area contributed by atoms with Gasteiger partial charge in [0.05, 0.1) is 5.56 Å². The first-order chi connectivity index (χ1) is 20.0. The molecule has 42 heavy (non-hydrogen) atoms. The van der Waals surface area contributed by atoms with Crippen molar-refractivity contribution in [3.8, 4) is 11.5 Å². The number of ether oxygens (including phenoxy) is 1. The van der Waals surface area contributed by atoms with E-state index in [-0.39, 0.29) is 54.2 Å². The van der Waals surface area contributed by atoms with Crippen molar-refractivity contribution in [2.75, 3.05) is 13.1 Å². The predicted molar refractivity (Wildman–Crippen MR) is 146 cm³/mol. The zero-order chi connectivity index (χ0) is 29.9. The van der Waals surface area contributed by atoms with E-state index in [1.54, 1.807) is 0 Å². The molecule has 11 heteroatoms. The Morgan fingerprint density at radius 3 is 2.45 bits per heavy atom. The smallest absolute Gasteiger partial charge is 0.255 e. The van der Waals surface area contributed by atoms with E-state index in [0.717, 1.165) is 18.6 Å². The van der Waals surface area contributed by atoms with Crippen molar-refractivity contribution in [1.82, 2.24) is 4.90 Å². The Morgan fingerprint density at radius 1 is 1.10 bits per heavy atom. The minimum Gasteiger partial charge on any atom is -0.511 e. The van der Waals surface area contributed by atoms with Crippen LogP contribution in [0.15, 0.2) is 59.1 Å². The van der Waals surface area contributed by atoms with Gasteiger partial charge < -0.3 is 30.9 Å². The fraction of sp³-hybridized carbons (Fsp3) is 0.387. The number of aliphatic hydroxyl groups excluding tert-OH is 2. The van der Waals surface area contributed by atoms with Crippen molar-refractivity contribution in [2.24, 2.45) is 17.6 Å². The number of Topliss-reactive ketones (excluding diaryl/α,β-unsaturated/α-hetero) is 2. The number of allylic oxidation sites excluding steroid dienone is 2. The number of likely N-dealkylation sites (tertiary alicyclic amines) is 1. The number of phenols is 1. The molecule has 0 radical (unpaired) electrons. The van der Waals surface area contributed by atoms with Gasteiger partial charge in [-0.2, -0.15) is 0 Å². The zero-order valence-electron chi connectivity index (χ0n) is 22.7. The third kappa shape index (κ3) is 4.35. The number of para-hydroxylation sites is 1. The van der Waals surface area contributed by atoms with Crippen LogP contribution in [0.25, 0.3) is 0 Å². The first-order valence-electron chi connectivity index (χ1n) is 13.9. The van der Waals surface area contributed by atoms with E-state index in [1.165, 1.54) is 6.07 Å². The topological polar surface area (TPSA) is 171 Å². The predicted octanol–water partition coefficient (Wildman–Crippen LogP) is 2.76. The highest BCUT2D eigenvalue weighted by atomic mass is 19.1. The second kappa shape index (κ2) is 10.2. The molecule has 1 fully saturated rings. The van der Waals surface area contributed by atoms with E-state index < -0.39 is 63.6 Å².